The average Bonchev–Trinajstić information content (AvgIpc) is 1.59. The lowest BCUT2D eigenvalue weighted by Crippen LogP contribution is -1.75. The van der Waals surface area contributed by atoms with E-state index in [0.29, 0.717) is 0 Å². The average molecular weight is 139 g/mol. The van der Waals surface area contributed by atoms with E-state index in [9.17, 15) is 4.57 Å². The van der Waals surface area contributed by atoms with Crippen molar-refractivity contribution in [1.29, 1.82) is 0 Å². The molecule has 0 aromatic rings. The Morgan fingerprint density at radius 2 is 2.25 bits per heavy atom. The maximum atomic E-state index is 9.60. The first-order valence-electron chi connectivity index (χ1n) is 1.35. The van der Waals surface area contributed by atoms with Gasteiger partial charge in [0.1, 0.15) is 5.28 Å². The van der Waals surface area contributed by atoms with E-state index in [1.165, 1.54) is 0 Å². The van der Waals surface area contributed by atoms with Crippen LogP contribution in [0.25, 0.3) is 10.4 Å². The zero-order valence-electron chi connectivity index (χ0n) is 3.50. The number of azide groups is 1. The predicted octanol–water partition coefficient (Wildman–Crippen LogP) is 0.321. The van der Waals surface area contributed by atoms with Gasteiger partial charge in [0.25, 0.3) is 0 Å². The summed E-state index contributed by atoms with van der Waals surface area (Å²) >= 11 is 0. The molecule has 0 atom stereocenters. The number of hydrogen-bond acceptors (Lipinski definition) is 3. The van der Waals surface area contributed by atoms with Gasteiger partial charge in [-0.05, 0) is 5.53 Å². The van der Waals surface area contributed by atoms with Crippen molar-refractivity contribution in [2.75, 3.05) is 0 Å². The molecule has 0 aliphatic rings. The number of nitrogens with zero attached hydrogens (tertiary/aromatic N) is 3. The summed E-state index contributed by atoms with van der Waals surface area (Å²) < 4.78 is 12.9. The van der Waals surface area contributed by atoms with Gasteiger partial charge in [0.2, 0.25) is 0 Å². The van der Waals surface area contributed by atoms with Crippen LogP contribution in [0, 0.1) is 0 Å². The first kappa shape index (κ1) is 7.26. The Balaban J connectivity index is 3.74. The molecule has 8 heteroatoms. The number of phosphoric acid groups is 1. The van der Waals surface area contributed by atoms with Crippen molar-refractivity contribution in [3.8, 4) is 0 Å². The highest BCUT2D eigenvalue weighted by molar-refractivity contribution is 7.46. The Hall–Kier alpha value is -0.740. The fraction of sp³-hybridized carbons (Fsp3) is 0. The first-order chi connectivity index (χ1) is 3.56. The van der Waals surface area contributed by atoms with Crippen LogP contribution in [0.5, 0.6) is 0 Å². The molecule has 0 amide bonds. The maximum Gasteiger partial charge on any atom is 0.530 e. The van der Waals surface area contributed by atoms with Crippen molar-refractivity contribution in [1.82, 2.24) is 0 Å². The topological polar surface area (TPSA) is 116 Å². The fourth-order valence-corrected chi connectivity index (χ4v) is 0.192. The quantitative estimate of drug-likeness (QED) is 0.188. The van der Waals surface area contributed by atoms with Gasteiger partial charge in [-0.3, -0.25) is 9.79 Å². The van der Waals surface area contributed by atoms with Gasteiger partial charge >= 0.3 is 7.82 Å². The number of rotatable bonds is 2. The Morgan fingerprint density at radius 1 is 1.75 bits per heavy atom. The van der Waals surface area contributed by atoms with E-state index in [0.717, 1.165) is 0 Å². The summed E-state index contributed by atoms with van der Waals surface area (Å²) in [7, 11) is -4.60. The summed E-state index contributed by atoms with van der Waals surface area (Å²) in [5.41, 5.74) is 7.42. The van der Waals surface area contributed by atoms with Crippen LogP contribution < -0.4 is 0 Å². The third-order valence-corrected chi connectivity index (χ3v) is 0.465. The molecule has 0 bridgehead atoms. The maximum absolute atomic E-state index is 9.60. The lowest BCUT2D eigenvalue weighted by atomic mass is 12.9. The SMILES string of the molecule is [N-]=[N+]=NOP(=O)(O)O. The lowest BCUT2D eigenvalue weighted by molar-refractivity contribution is 0.201. The third-order valence-electron chi connectivity index (χ3n) is 0.179. The van der Waals surface area contributed by atoms with Crippen molar-refractivity contribution in [2.45, 2.75) is 0 Å². The second-order valence-electron chi connectivity index (χ2n) is 0.743. The van der Waals surface area contributed by atoms with Crippen molar-refractivity contribution >= 4 is 7.82 Å². The standard InChI is InChI=1S/H2N3O4P/c1-2-3-7-8(4,5)6/h(H2,4,5,6). The molecule has 0 aliphatic carbocycles. The molecule has 0 aromatic heterocycles. The van der Waals surface area contributed by atoms with Crippen LogP contribution in [0.4, 0.5) is 0 Å². The largest absolute Gasteiger partial charge is 0.530 e. The predicted molar refractivity (Wildman–Crippen MR) is 22.3 cm³/mol. The molecule has 8 heavy (non-hydrogen) atoms. The first-order valence-corrected chi connectivity index (χ1v) is 2.88. The molecule has 0 rings (SSSR count). The third kappa shape index (κ3) is 5.26. The summed E-state index contributed by atoms with van der Waals surface area (Å²) in [6.07, 6.45) is 0. The molecule has 2 N–H and O–H groups in total. The van der Waals surface area contributed by atoms with Crippen LogP contribution in [-0.4, -0.2) is 9.79 Å². The van der Waals surface area contributed by atoms with Crippen molar-refractivity contribution in [2.24, 2.45) is 5.28 Å². The molecule has 0 aromatic carbocycles. The van der Waals surface area contributed by atoms with Crippen LogP contribution in [0.1, 0.15) is 0 Å². The van der Waals surface area contributed by atoms with Crippen LogP contribution >= 0.6 is 7.82 Å². The van der Waals surface area contributed by atoms with Gasteiger partial charge in [0.15, 0.2) is 0 Å². The zero-order valence-corrected chi connectivity index (χ0v) is 4.39. The molecule has 0 spiro atoms. The van der Waals surface area contributed by atoms with Crippen molar-refractivity contribution in [3.63, 3.8) is 0 Å². The molecule has 7 nitrogen and oxygen atoms in total. The van der Waals surface area contributed by atoms with E-state index < -0.39 is 7.82 Å². The lowest BCUT2D eigenvalue weighted by Gasteiger charge is -1.94. The summed E-state index contributed by atoms with van der Waals surface area (Å²) in [6, 6.07) is 0. The monoisotopic (exact) mass is 139 g/mol. The zero-order chi connectivity index (χ0) is 6.62. The normalized spacial score (nSPS) is 9.75. The Morgan fingerprint density at radius 3 is 2.38 bits per heavy atom. The van der Waals surface area contributed by atoms with Crippen molar-refractivity contribution in [3.05, 3.63) is 10.4 Å². The van der Waals surface area contributed by atoms with Gasteiger partial charge in [0.05, 0.1) is 0 Å². The molecular weight excluding hydrogens is 137 g/mol. The van der Waals surface area contributed by atoms with E-state index in [1.807, 2.05) is 4.91 Å². The van der Waals surface area contributed by atoms with E-state index in [2.05, 4.69) is 9.90 Å². The molecule has 0 heterocycles. The summed E-state index contributed by atoms with van der Waals surface area (Å²) in [5.74, 6) is 0. The summed E-state index contributed by atoms with van der Waals surface area (Å²) in [5, 5.41) is 2.16. The van der Waals surface area contributed by atoms with Crippen LogP contribution in [0.2, 0.25) is 0 Å². The molecule has 0 radical (unpaired) electrons. The minimum absolute atomic E-state index is 1.93. The molecule has 46 valence electrons. The van der Waals surface area contributed by atoms with Crippen LogP contribution in [-0.2, 0) is 9.19 Å². The van der Waals surface area contributed by atoms with E-state index in [1.54, 1.807) is 0 Å². The van der Waals surface area contributed by atoms with Crippen LogP contribution in [0.3, 0.4) is 0 Å². The van der Waals surface area contributed by atoms with Gasteiger partial charge in [-0.15, -0.1) is 0 Å². The second kappa shape index (κ2) is 2.54. The highest BCUT2D eigenvalue weighted by atomic mass is 31.2. The Bertz CT molecular complexity index is 151. The molecule has 0 unspecified atom stereocenters. The smallest absolute Gasteiger partial charge is 0.336 e. The van der Waals surface area contributed by atoms with Crippen molar-refractivity contribution < 1.29 is 19.0 Å². The minimum atomic E-state index is -4.60. The fourth-order valence-electron chi connectivity index (χ4n) is 0.0639. The van der Waals surface area contributed by atoms with E-state index >= 15 is 0 Å². The molecule has 0 saturated heterocycles. The Labute approximate surface area is 43.7 Å². The van der Waals surface area contributed by atoms with Gasteiger partial charge in [-0.1, -0.05) is 0 Å². The minimum Gasteiger partial charge on any atom is -0.336 e. The summed E-state index contributed by atoms with van der Waals surface area (Å²) in [6.45, 7) is 0. The molecular formula is H2N3O4P. The summed E-state index contributed by atoms with van der Waals surface area (Å²) in [4.78, 5) is 17.5. The van der Waals surface area contributed by atoms with Gasteiger partial charge < -0.3 is 4.62 Å². The Kier molecular flexibility index (Phi) is 2.30. The molecule has 0 fully saturated rings. The highest BCUT2D eigenvalue weighted by Crippen LogP contribution is 2.35. The van der Waals surface area contributed by atoms with Crippen LogP contribution in [0.15, 0.2) is 5.28 Å². The molecule has 0 saturated carbocycles. The van der Waals surface area contributed by atoms with Gasteiger partial charge in [0, 0.05) is 4.91 Å². The highest BCUT2D eigenvalue weighted by Gasteiger charge is 2.11. The number of hydrogen-bond donors (Lipinski definition) is 2. The van der Waals surface area contributed by atoms with E-state index in [4.69, 9.17) is 15.3 Å². The molecule has 0 aliphatic heterocycles. The second-order valence-corrected chi connectivity index (χ2v) is 1.89. The van der Waals surface area contributed by atoms with Gasteiger partial charge in [-0.2, -0.15) is 0 Å². The van der Waals surface area contributed by atoms with E-state index in [-0.39, 0.29) is 0 Å². The van der Waals surface area contributed by atoms with Gasteiger partial charge in [-0.25, -0.2) is 4.57 Å².